The SMILES string of the molecule is CNCC(=O)Nc1cccc(C(=O)NC)c1. The maximum atomic E-state index is 11.3. The van der Waals surface area contributed by atoms with Crippen molar-refractivity contribution in [2.45, 2.75) is 0 Å². The Labute approximate surface area is 94.2 Å². The molecule has 1 aromatic carbocycles. The quantitative estimate of drug-likeness (QED) is 0.680. The topological polar surface area (TPSA) is 70.2 Å². The molecule has 0 bridgehead atoms. The van der Waals surface area contributed by atoms with Crippen molar-refractivity contribution in [3.63, 3.8) is 0 Å². The molecule has 86 valence electrons. The van der Waals surface area contributed by atoms with E-state index in [1.54, 1.807) is 38.4 Å². The van der Waals surface area contributed by atoms with E-state index in [9.17, 15) is 9.59 Å². The van der Waals surface area contributed by atoms with E-state index in [1.165, 1.54) is 0 Å². The van der Waals surface area contributed by atoms with E-state index < -0.39 is 0 Å². The molecule has 16 heavy (non-hydrogen) atoms. The Bertz CT molecular complexity index is 391. The van der Waals surface area contributed by atoms with Crippen LogP contribution < -0.4 is 16.0 Å². The molecule has 5 heteroatoms. The first-order valence-electron chi connectivity index (χ1n) is 4.94. The molecule has 0 spiro atoms. The minimum absolute atomic E-state index is 0.142. The highest BCUT2D eigenvalue weighted by Gasteiger charge is 2.05. The Morgan fingerprint density at radius 3 is 2.62 bits per heavy atom. The van der Waals surface area contributed by atoms with Crippen LogP contribution in [0.15, 0.2) is 24.3 Å². The minimum Gasteiger partial charge on any atom is -0.355 e. The number of anilines is 1. The lowest BCUT2D eigenvalue weighted by molar-refractivity contribution is -0.115. The van der Waals surface area contributed by atoms with Crippen molar-refractivity contribution in [2.24, 2.45) is 0 Å². The first kappa shape index (κ1) is 12.2. The summed E-state index contributed by atoms with van der Waals surface area (Å²) in [6, 6.07) is 6.78. The van der Waals surface area contributed by atoms with E-state index >= 15 is 0 Å². The third kappa shape index (κ3) is 3.36. The summed E-state index contributed by atoms with van der Waals surface area (Å²) in [5.74, 6) is -0.318. The molecule has 0 radical (unpaired) electrons. The third-order valence-corrected chi connectivity index (χ3v) is 1.97. The highest BCUT2D eigenvalue weighted by molar-refractivity contribution is 5.97. The first-order chi connectivity index (χ1) is 7.67. The van der Waals surface area contributed by atoms with E-state index in [0.29, 0.717) is 11.3 Å². The summed E-state index contributed by atoms with van der Waals surface area (Å²) in [5.41, 5.74) is 1.13. The fourth-order valence-corrected chi connectivity index (χ4v) is 1.25. The van der Waals surface area contributed by atoms with Gasteiger partial charge < -0.3 is 16.0 Å². The van der Waals surface area contributed by atoms with Crippen LogP contribution in [0.2, 0.25) is 0 Å². The monoisotopic (exact) mass is 221 g/mol. The second-order valence-electron chi connectivity index (χ2n) is 3.24. The highest BCUT2D eigenvalue weighted by Crippen LogP contribution is 2.10. The van der Waals surface area contributed by atoms with Crippen LogP contribution in [0.5, 0.6) is 0 Å². The lowest BCUT2D eigenvalue weighted by atomic mass is 10.2. The van der Waals surface area contributed by atoms with Gasteiger partial charge >= 0.3 is 0 Å². The Kier molecular flexibility index (Phi) is 4.47. The van der Waals surface area contributed by atoms with Gasteiger partial charge in [-0.2, -0.15) is 0 Å². The average molecular weight is 221 g/mol. The molecule has 0 saturated carbocycles. The van der Waals surface area contributed by atoms with Crippen LogP contribution in [-0.4, -0.2) is 32.5 Å². The molecule has 1 aromatic rings. The van der Waals surface area contributed by atoms with Gasteiger partial charge in [0.15, 0.2) is 0 Å². The molecule has 0 saturated heterocycles. The van der Waals surface area contributed by atoms with Crippen LogP contribution in [-0.2, 0) is 4.79 Å². The molecule has 0 aromatic heterocycles. The number of rotatable bonds is 4. The lowest BCUT2D eigenvalue weighted by Gasteiger charge is -2.06. The maximum Gasteiger partial charge on any atom is 0.251 e. The summed E-state index contributed by atoms with van der Waals surface area (Å²) < 4.78 is 0. The number of likely N-dealkylation sites (N-methyl/N-ethyl adjacent to an activating group) is 1. The van der Waals surface area contributed by atoms with Gasteiger partial charge in [0.05, 0.1) is 6.54 Å². The van der Waals surface area contributed by atoms with Gasteiger partial charge in [0.2, 0.25) is 5.91 Å². The van der Waals surface area contributed by atoms with Crippen LogP contribution >= 0.6 is 0 Å². The second-order valence-corrected chi connectivity index (χ2v) is 3.24. The number of benzene rings is 1. The summed E-state index contributed by atoms with van der Waals surface area (Å²) in [4.78, 5) is 22.6. The van der Waals surface area contributed by atoms with Crippen molar-refractivity contribution >= 4 is 17.5 Å². The summed E-state index contributed by atoms with van der Waals surface area (Å²) in [5, 5.41) is 7.95. The molecule has 1 rings (SSSR count). The van der Waals surface area contributed by atoms with Crippen molar-refractivity contribution in [1.82, 2.24) is 10.6 Å². The molecular formula is C11H15N3O2. The second kappa shape index (κ2) is 5.87. The van der Waals surface area contributed by atoms with E-state index in [-0.39, 0.29) is 18.4 Å². The number of carbonyl (C=O) groups excluding carboxylic acids is 2. The van der Waals surface area contributed by atoms with Crippen LogP contribution in [0.25, 0.3) is 0 Å². The smallest absolute Gasteiger partial charge is 0.251 e. The van der Waals surface area contributed by atoms with Crippen LogP contribution in [0.3, 0.4) is 0 Å². The van der Waals surface area contributed by atoms with Crippen molar-refractivity contribution in [2.75, 3.05) is 26.0 Å². The number of carbonyl (C=O) groups is 2. The number of hydrogen-bond donors (Lipinski definition) is 3. The lowest BCUT2D eigenvalue weighted by Crippen LogP contribution is -2.25. The van der Waals surface area contributed by atoms with Crippen molar-refractivity contribution in [3.05, 3.63) is 29.8 Å². The van der Waals surface area contributed by atoms with E-state index in [2.05, 4.69) is 16.0 Å². The van der Waals surface area contributed by atoms with Crippen molar-refractivity contribution < 1.29 is 9.59 Å². The van der Waals surface area contributed by atoms with Crippen molar-refractivity contribution in [1.29, 1.82) is 0 Å². The largest absolute Gasteiger partial charge is 0.355 e. The van der Waals surface area contributed by atoms with Gasteiger partial charge in [-0.1, -0.05) is 6.07 Å². The van der Waals surface area contributed by atoms with E-state index in [1.807, 2.05) is 0 Å². The fourth-order valence-electron chi connectivity index (χ4n) is 1.25. The number of nitrogens with one attached hydrogen (secondary N) is 3. The summed E-state index contributed by atoms with van der Waals surface area (Å²) >= 11 is 0. The van der Waals surface area contributed by atoms with E-state index in [4.69, 9.17) is 0 Å². The van der Waals surface area contributed by atoms with Gasteiger partial charge in [-0.05, 0) is 25.2 Å². The molecule has 0 aliphatic heterocycles. The van der Waals surface area contributed by atoms with Gasteiger partial charge in [0, 0.05) is 18.3 Å². The fraction of sp³-hybridized carbons (Fsp3) is 0.273. The molecule has 0 aliphatic carbocycles. The standard InChI is InChI=1S/C11H15N3O2/c1-12-7-10(15)14-9-5-3-4-8(6-9)11(16)13-2/h3-6,12H,7H2,1-2H3,(H,13,16)(H,14,15). The van der Waals surface area contributed by atoms with Gasteiger partial charge in [0.1, 0.15) is 0 Å². The molecule has 0 aliphatic rings. The summed E-state index contributed by atoms with van der Waals surface area (Å²) in [6.07, 6.45) is 0. The van der Waals surface area contributed by atoms with Gasteiger partial charge in [0.25, 0.3) is 5.91 Å². The first-order valence-corrected chi connectivity index (χ1v) is 4.94. The molecule has 0 heterocycles. The molecule has 5 nitrogen and oxygen atoms in total. The Morgan fingerprint density at radius 2 is 2.00 bits per heavy atom. The summed E-state index contributed by atoms with van der Waals surface area (Å²) in [7, 11) is 3.26. The molecular weight excluding hydrogens is 206 g/mol. The van der Waals surface area contributed by atoms with Crippen LogP contribution in [0.1, 0.15) is 10.4 Å². The minimum atomic E-state index is -0.176. The third-order valence-electron chi connectivity index (χ3n) is 1.97. The normalized spacial score (nSPS) is 9.62. The number of amides is 2. The Morgan fingerprint density at radius 1 is 1.25 bits per heavy atom. The molecule has 0 fully saturated rings. The van der Waals surface area contributed by atoms with Gasteiger partial charge in [-0.25, -0.2) is 0 Å². The zero-order valence-corrected chi connectivity index (χ0v) is 9.33. The average Bonchev–Trinajstić information content (AvgIpc) is 2.28. The maximum absolute atomic E-state index is 11.3. The van der Waals surface area contributed by atoms with Crippen molar-refractivity contribution in [3.8, 4) is 0 Å². The molecule has 2 amide bonds. The van der Waals surface area contributed by atoms with E-state index in [0.717, 1.165) is 0 Å². The van der Waals surface area contributed by atoms with Gasteiger partial charge in [-0.3, -0.25) is 9.59 Å². The zero-order chi connectivity index (χ0) is 12.0. The molecule has 0 atom stereocenters. The molecule has 0 unspecified atom stereocenters. The van der Waals surface area contributed by atoms with Crippen LogP contribution in [0.4, 0.5) is 5.69 Å². The Balaban J connectivity index is 2.74. The molecule has 3 N–H and O–H groups in total. The predicted octanol–water partition coefficient (Wildman–Crippen LogP) is 0.204. The highest BCUT2D eigenvalue weighted by atomic mass is 16.2. The zero-order valence-electron chi connectivity index (χ0n) is 9.33. The Hall–Kier alpha value is -1.88. The van der Waals surface area contributed by atoms with Gasteiger partial charge in [-0.15, -0.1) is 0 Å². The number of hydrogen-bond acceptors (Lipinski definition) is 3. The van der Waals surface area contributed by atoms with Crippen LogP contribution in [0, 0.1) is 0 Å². The predicted molar refractivity (Wildman–Crippen MR) is 62.4 cm³/mol. The summed E-state index contributed by atoms with van der Waals surface area (Å²) in [6.45, 7) is 0.240.